The predicted molar refractivity (Wildman–Crippen MR) is 159 cm³/mol. The molecule has 1 heterocycles. The number of fused-ring (bicyclic) bond motifs is 1. The molecule has 7 heteroatoms. The minimum absolute atomic E-state index is 0.00889. The molecule has 2 atom stereocenters. The molecule has 202 valence electrons. The van der Waals surface area contributed by atoms with E-state index in [9.17, 15) is 9.59 Å². The standard InChI is InChI=1S/C32H37N5O2/c1-4-5-7-12-31(39)35-27-16-13-24(14-17-27)26-15-18-30-28(19-26)32(22(2)20-36(30)23(3)38)37(34)21-29(33)25-10-8-6-9-11-25/h4,6,8-11,13-19,21-22,32H,1,5,7,12,20,33-34H2,2-3H3,(H,35,39)/b29-21-/t22-,32?/m1/s1. The van der Waals surface area contributed by atoms with E-state index < -0.39 is 0 Å². The van der Waals surface area contributed by atoms with Crippen molar-refractivity contribution in [1.82, 2.24) is 5.01 Å². The van der Waals surface area contributed by atoms with Crippen molar-refractivity contribution in [2.75, 3.05) is 16.8 Å². The number of nitrogens with one attached hydrogen (secondary N) is 1. The normalized spacial score (nSPS) is 16.8. The van der Waals surface area contributed by atoms with E-state index in [0.717, 1.165) is 46.5 Å². The van der Waals surface area contributed by atoms with Gasteiger partial charge in [-0.05, 0) is 53.8 Å². The molecule has 0 bridgehead atoms. The van der Waals surface area contributed by atoms with Crippen LogP contribution in [0.3, 0.4) is 0 Å². The minimum Gasteiger partial charge on any atom is -0.397 e. The first-order chi connectivity index (χ1) is 18.8. The van der Waals surface area contributed by atoms with Gasteiger partial charge in [0.25, 0.3) is 0 Å². The second-order valence-corrected chi connectivity index (χ2v) is 10.0. The van der Waals surface area contributed by atoms with Gasteiger partial charge in [0.05, 0.1) is 11.7 Å². The summed E-state index contributed by atoms with van der Waals surface area (Å²) in [6.45, 7) is 7.93. The van der Waals surface area contributed by atoms with Gasteiger partial charge in [0.2, 0.25) is 11.8 Å². The SMILES string of the molecule is C=CCCCC(=O)Nc1ccc(-c2ccc3c(c2)C(N(N)/C=C(\N)c2ccccc2)[C@H](C)CN3C(C)=O)cc1. The third-order valence-electron chi connectivity index (χ3n) is 7.06. The van der Waals surface area contributed by atoms with Crippen molar-refractivity contribution >= 4 is 28.9 Å². The third kappa shape index (κ3) is 6.56. The van der Waals surface area contributed by atoms with Gasteiger partial charge in [-0.15, -0.1) is 6.58 Å². The molecular formula is C32H37N5O2. The lowest BCUT2D eigenvalue weighted by Crippen LogP contribution is -2.46. The zero-order chi connectivity index (χ0) is 27.9. The van der Waals surface area contributed by atoms with Crippen LogP contribution in [0.25, 0.3) is 16.8 Å². The fourth-order valence-electron chi connectivity index (χ4n) is 5.08. The number of hydrogen-bond acceptors (Lipinski definition) is 5. The fraction of sp³-hybridized carbons (Fsp3) is 0.250. The Morgan fingerprint density at radius 1 is 1.08 bits per heavy atom. The summed E-state index contributed by atoms with van der Waals surface area (Å²) in [7, 11) is 0. The van der Waals surface area contributed by atoms with E-state index in [1.807, 2.05) is 77.7 Å². The van der Waals surface area contributed by atoms with Gasteiger partial charge in [-0.2, -0.15) is 0 Å². The molecule has 5 N–H and O–H groups in total. The zero-order valence-electron chi connectivity index (χ0n) is 22.6. The number of anilines is 2. The maximum atomic E-state index is 12.5. The molecule has 4 rings (SSSR count). The van der Waals surface area contributed by atoms with E-state index in [4.69, 9.17) is 11.6 Å². The first-order valence-electron chi connectivity index (χ1n) is 13.3. The smallest absolute Gasteiger partial charge is 0.224 e. The molecule has 0 aliphatic carbocycles. The number of hydrazine groups is 1. The summed E-state index contributed by atoms with van der Waals surface area (Å²) in [6, 6.07) is 23.4. The lowest BCUT2D eigenvalue weighted by atomic mass is 9.86. The van der Waals surface area contributed by atoms with Crippen molar-refractivity contribution in [3.8, 4) is 11.1 Å². The summed E-state index contributed by atoms with van der Waals surface area (Å²) >= 11 is 0. The average Bonchev–Trinajstić information content (AvgIpc) is 2.93. The molecule has 3 aromatic rings. The number of allylic oxidation sites excluding steroid dienone is 1. The van der Waals surface area contributed by atoms with Crippen LogP contribution in [0, 0.1) is 5.92 Å². The Morgan fingerprint density at radius 3 is 2.44 bits per heavy atom. The van der Waals surface area contributed by atoms with Crippen LogP contribution in [-0.4, -0.2) is 23.4 Å². The van der Waals surface area contributed by atoms with E-state index in [-0.39, 0.29) is 23.8 Å². The number of carbonyl (C=O) groups excluding carboxylic acids is 2. The van der Waals surface area contributed by atoms with Crippen LogP contribution in [0.5, 0.6) is 0 Å². The fourth-order valence-corrected chi connectivity index (χ4v) is 5.08. The van der Waals surface area contributed by atoms with Crippen LogP contribution in [0.1, 0.15) is 50.3 Å². The maximum Gasteiger partial charge on any atom is 0.224 e. The van der Waals surface area contributed by atoms with Gasteiger partial charge in [0, 0.05) is 48.9 Å². The van der Waals surface area contributed by atoms with Crippen LogP contribution in [0.4, 0.5) is 11.4 Å². The van der Waals surface area contributed by atoms with Crippen LogP contribution in [-0.2, 0) is 9.59 Å². The number of unbranched alkanes of at least 4 members (excludes halogenated alkanes) is 1. The molecule has 0 fully saturated rings. The number of rotatable bonds is 9. The molecule has 0 spiro atoms. The number of carbonyl (C=O) groups is 2. The van der Waals surface area contributed by atoms with Crippen LogP contribution in [0.2, 0.25) is 0 Å². The molecule has 7 nitrogen and oxygen atoms in total. The van der Waals surface area contributed by atoms with E-state index in [0.29, 0.717) is 18.7 Å². The Labute approximate surface area is 230 Å². The molecular weight excluding hydrogens is 486 g/mol. The van der Waals surface area contributed by atoms with Gasteiger partial charge in [0.1, 0.15) is 0 Å². The van der Waals surface area contributed by atoms with Gasteiger partial charge in [-0.1, -0.05) is 61.5 Å². The van der Waals surface area contributed by atoms with Gasteiger partial charge in [-0.25, -0.2) is 5.84 Å². The quantitative estimate of drug-likeness (QED) is 0.142. The van der Waals surface area contributed by atoms with Gasteiger partial charge in [-0.3, -0.25) is 9.59 Å². The Balaban J connectivity index is 1.63. The van der Waals surface area contributed by atoms with Gasteiger partial charge in [0.15, 0.2) is 0 Å². The Bertz CT molecular complexity index is 1350. The molecule has 0 aromatic heterocycles. The van der Waals surface area contributed by atoms with Crippen molar-refractivity contribution in [2.24, 2.45) is 17.5 Å². The van der Waals surface area contributed by atoms with Crippen LogP contribution < -0.4 is 21.8 Å². The number of hydrogen-bond donors (Lipinski definition) is 3. The van der Waals surface area contributed by atoms with Crippen molar-refractivity contribution in [3.63, 3.8) is 0 Å². The van der Waals surface area contributed by atoms with Crippen molar-refractivity contribution in [1.29, 1.82) is 0 Å². The topological polar surface area (TPSA) is 105 Å². The Morgan fingerprint density at radius 2 is 1.77 bits per heavy atom. The van der Waals surface area contributed by atoms with Crippen molar-refractivity contribution in [3.05, 3.63) is 103 Å². The molecule has 3 aromatic carbocycles. The molecule has 0 saturated carbocycles. The minimum atomic E-state index is -0.188. The van der Waals surface area contributed by atoms with Gasteiger partial charge < -0.3 is 21.0 Å². The predicted octanol–water partition coefficient (Wildman–Crippen LogP) is 5.83. The third-order valence-corrected chi connectivity index (χ3v) is 7.06. The highest BCUT2D eigenvalue weighted by Gasteiger charge is 2.35. The lowest BCUT2D eigenvalue weighted by molar-refractivity contribution is -0.117. The van der Waals surface area contributed by atoms with Gasteiger partial charge >= 0.3 is 0 Å². The van der Waals surface area contributed by atoms with E-state index in [2.05, 4.69) is 24.9 Å². The monoisotopic (exact) mass is 523 g/mol. The molecule has 1 aliphatic heterocycles. The van der Waals surface area contributed by atoms with E-state index in [1.54, 1.807) is 18.1 Å². The zero-order valence-corrected chi connectivity index (χ0v) is 22.6. The molecule has 2 amide bonds. The van der Waals surface area contributed by atoms with Crippen molar-refractivity contribution in [2.45, 2.75) is 39.2 Å². The van der Waals surface area contributed by atoms with Crippen LogP contribution >= 0.6 is 0 Å². The van der Waals surface area contributed by atoms with E-state index >= 15 is 0 Å². The average molecular weight is 524 g/mol. The molecule has 0 radical (unpaired) electrons. The number of benzene rings is 3. The second kappa shape index (κ2) is 12.5. The lowest BCUT2D eigenvalue weighted by Gasteiger charge is -2.42. The van der Waals surface area contributed by atoms with E-state index in [1.165, 1.54) is 0 Å². The Kier molecular flexibility index (Phi) is 8.84. The first kappa shape index (κ1) is 27.7. The first-order valence-corrected chi connectivity index (χ1v) is 13.3. The van der Waals surface area contributed by atoms with Crippen molar-refractivity contribution < 1.29 is 9.59 Å². The summed E-state index contributed by atoms with van der Waals surface area (Å²) in [6.07, 6.45) is 5.65. The molecule has 1 unspecified atom stereocenters. The molecule has 0 saturated heterocycles. The molecule has 39 heavy (non-hydrogen) atoms. The summed E-state index contributed by atoms with van der Waals surface area (Å²) < 4.78 is 0. The summed E-state index contributed by atoms with van der Waals surface area (Å²) in [5.41, 5.74) is 12.4. The number of amides is 2. The summed E-state index contributed by atoms with van der Waals surface area (Å²) in [5.74, 6) is 6.68. The molecule has 1 aliphatic rings. The summed E-state index contributed by atoms with van der Waals surface area (Å²) in [4.78, 5) is 26.5. The Hall–Kier alpha value is -4.36. The second-order valence-electron chi connectivity index (χ2n) is 10.0. The number of nitrogens with zero attached hydrogens (tertiary/aromatic N) is 2. The van der Waals surface area contributed by atoms with Crippen LogP contribution in [0.15, 0.2) is 91.7 Å². The largest absolute Gasteiger partial charge is 0.397 e. The highest BCUT2D eigenvalue weighted by molar-refractivity contribution is 5.94. The summed E-state index contributed by atoms with van der Waals surface area (Å²) in [5, 5.41) is 4.61. The maximum absolute atomic E-state index is 12.5. The highest BCUT2D eigenvalue weighted by Crippen LogP contribution is 2.42. The number of nitrogens with two attached hydrogens (primary N) is 2. The highest BCUT2D eigenvalue weighted by atomic mass is 16.2.